The highest BCUT2D eigenvalue weighted by Gasteiger charge is 2.17. The number of carbonyl (C=O) groups excluding carboxylic acids is 1. The summed E-state index contributed by atoms with van der Waals surface area (Å²) in [7, 11) is 1.88. The van der Waals surface area contributed by atoms with E-state index in [1.807, 2.05) is 36.2 Å². The molecule has 1 aliphatic heterocycles. The summed E-state index contributed by atoms with van der Waals surface area (Å²) >= 11 is 3.52. The number of carbonyl (C=O) groups is 1. The predicted molar refractivity (Wildman–Crippen MR) is 88.1 cm³/mol. The van der Waals surface area contributed by atoms with Crippen LogP contribution in [0.15, 0.2) is 28.7 Å². The lowest BCUT2D eigenvalue weighted by molar-refractivity contribution is -0.130. The first-order valence-corrected chi connectivity index (χ1v) is 7.67. The maximum atomic E-state index is 12.1. The first-order valence-electron chi connectivity index (χ1n) is 6.87. The normalized spacial score (nSPS) is 17.6. The van der Waals surface area contributed by atoms with Gasteiger partial charge in [0, 0.05) is 30.5 Å². The van der Waals surface area contributed by atoms with E-state index in [1.165, 1.54) is 12.8 Å². The van der Waals surface area contributed by atoms with Crippen molar-refractivity contribution in [2.75, 3.05) is 13.6 Å². The smallest absolute Gasteiger partial charge is 0.222 e. The van der Waals surface area contributed by atoms with E-state index in [4.69, 9.17) is 0 Å². The fourth-order valence-electron chi connectivity index (χ4n) is 2.46. The molecule has 1 saturated heterocycles. The lowest BCUT2D eigenvalue weighted by Gasteiger charge is -2.19. The van der Waals surface area contributed by atoms with Gasteiger partial charge in [0.1, 0.15) is 0 Å². The van der Waals surface area contributed by atoms with Gasteiger partial charge in [0.2, 0.25) is 5.91 Å². The van der Waals surface area contributed by atoms with Crippen molar-refractivity contribution in [2.24, 2.45) is 0 Å². The molecule has 1 aliphatic rings. The first kappa shape index (κ1) is 17.5. The average molecular weight is 362 g/mol. The third-order valence-electron chi connectivity index (χ3n) is 3.66. The van der Waals surface area contributed by atoms with E-state index >= 15 is 0 Å². The maximum absolute atomic E-state index is 12.1. The van der Waals surface area contributed by atoms with Gasteiger partial charge in [-0.3, -0.25) is 4.79 Å². The second-order valence-corrected chi connectivity index (χ2v) is 6.03. The molecule has 1 N–H and O–H groups in total. The summed E-state index contributed by atoms with van der Waals surface area (Å²) in [6.45, 7) is 1.77. The van der Waals surface area contributed by atoms with Gasteiger partial charge in [0.05, 0.1) is 0 Å². The zero-order chi connectivity index (χ0) is 13.7. The van der Waals surface area contributed by atoms with Gasteiger partial charge in [-0.1, -0.05) is 34.1 Å². The topological polar surface area (TPSA) is 32.3 Å². The van der Waals surface area contributed by atoms with Crippen LogP contribution in [-0.2, 0) is 11.3 Å². The molecular weight excluding hydrogens is 340 g/mol. The predicted octanol–water partition coefficient (Wildman–Crippen LogP) is 3.36. The zero-order valence-corrected chi connectivity index (χ0v) is 14.2. The van der Waals surface area contributed by atoms with Gasteiger partial charge < -0.3 is 10.2 Å². The molecule has 1 unspecified atom stereocenters. The SMILES string of the molecule is CN(Cc1ccccc1Br)C(=O)CCC1CCCN1.Cl. The molecule has 0 saturated carbocycles. The summed E-state index contributed by atoms with van der Waals surface area (Å²) < 4.78 is 1.06. The van der Waals surface area contributed by atoms with E-state index in [-0.39, 0.29) is 18.3 Å². The molecule has 1 fully saturated rings. The first-order chi connectivity index (χ1) is 9.16. The van der Waals surface area contributed by atoms with Crippen molar-refractivity contribution in [2.45, 2.75) is 38.3 Å². The van der Waals surface area contributed by atoms with Crippen LogP contribution in [0, 0.1) is 0 Å². The monoisotopic (exact) mass is 360 g/mol. The average Bonchev–Trinajstić information content (AvgIpc) is 2.91. The van der Waals surface area contributed by atoms with E-state index in [0.717, 1.165) is 23.0 Å². The Kier molecular flexibility index (Phi) is 7.56. The Labute approximate surface area is 135 Å². The van der Waals surface area contributed by atoms with Crippen LogP contribution in [0.25, 0.3) is 0 Å². The van der Waals surface area contributed by atoms with Crippen molar-refractivity contribution >= 4 is 34.2 Å². The molecule has 1 aromatic carbocycles. The summed E-state index contributed by atoms with van der Waals surface area (Å²) in [6, 6.07) is 8.59. The lowest BCUT2D eigenvalue weighted by Crippen LogP contribution is -2.29. The molecule has 112 valence electrons. The Morgan fingerprint density at radius 3 is 2.85 bits per heavy atom. The van der Waals surface area contributed by atoms with Crippen molar-refractivity contribution in [3.05, 3.63) is 34.3 Å². The zero-order valence-electron chi connectivity index (χ0n) is 11.8. The van der Waals surface area contributed by atoms with Crippen molar-refractivity contribution < 1.29 is 4.79 Å². The third kappa shape index (κ3) is 5.08. The Hall–Kier alpha value is -0.580. The van der Waals surface area contributed by atoms with Crippen LogP contribution in [0.1, 0.15) is 31.2 Å². The summed E-state index contributed by atoms with van der Waals surface area (Å²) in [6.07, 6.45) is 4.05. The summed E-state index contributed by atoms with van der Waals surface area (Å²) in [5, 5.41) is 3.43. The number of amides is 1. The van der Waals surface area contributed by atoms with E-state index in [1.54, 1.807) is 0 Å². The number of benzene rings is 1. The molecule has 0 bridgehead atoms. The van der Waals surface area contributed by atoms with E-state index in [0.29, 0.717) is 19.0 Å². The minimum atomic E-state index is 0. The summed E-state index contributed by atoms with van der Waals surface area (Å²) in [5.41, 5.74) is 1.15. The highest BCUT2D eigenvalue weighted by atomic mass is 79.9. The van der Waals surface area contributed by atoms with Gasteiger partial charge in [0.15, 0.2) is 0 Å². The Bertz CT molecular complexity index is 436. The number of halogens is 2. The van der Waals surface area contributed by atoms with Crippen molar-refractivity contribution in [1.82, 2.24) is 10.2 Å². The largest absolute Gasteiger partial charge is 0.341 e. The molecule has 2 rings (SSSR count). The van der Waals surface area contributed by atoms with Crippen LogP contribution in [0.4, 0.5) is 0 Å². The standard InChI is InChI=1S/C15H21BrN2O.ClH/c1-18(11-12-5-2-3-7-14(12)16)15(19)9-8-13-6-4-10-17-13;/h2-3,5,7,13,17H,4,6,8-11H2,1H3;1H. The van der Waals surface area contributed by atoms with Gasteiger partial charge in [-0.05, 0) is 37.4 Å². The van der Waals surface area contributed by atoms with Gasteiger partial charge in [-0.25, -0.2) is 0 Å². The van der Waals surface area contributed by atoms with E-state index in [9.17, 15) is 4.79 Å². The van der Waals surface area contributed by atoms with Crippen LogP contribution >= 0.6 is 28.3 Å². The number of nitrogens with one attached hydrogen (secondary N) is 1. The molecule has 0 aliphatic carbocycles. The summed E-state index contributed by atoms with van der Waals surface area (Å²) in [4.78, 5) is 13.9. The van der Waals surface area contributed by atoms with Crippen molar-refractivity contribution in [3.63, 3.8) is 0 Å². The quantitative estimate of drug-likeness (QED) is 0.872. The molecule has 3 nitrogen and oxygen atoms in total. The molecular formula is C15H22BrClN2O. The lowest BCUT2D eigenvalue weighted by atomic mass is 10.1. The van der Waals surface area contributed by atoms with Crippen LogP contribution < -0.4 is 5.32 Å². The molecule has 1 heterocycles. The van der Waals surface area contributed by atoms with Crippen molar-refractivity contribution in [1.29, 1.82) is 0 Å². The fourth-order valence-corrected chi connectivity index (χ4v) is 2.87. The van der Waals surface area contributed by atoms with Gasteiger partial charge in [0.25, 0.3) is 0 Å². The van der Waals surface area contributed by atoms with Gasteiger partial charge >= 0.3 is 0 Å². The van der Waals surface area contributed by atoms with E-state index in [2.05, 4.69) is 21.2 Å². The number of hydrogen-bond donors (Lipinski definition) is 1. The summed E-state index contributed by atoms with van der Waals surface area (Å²) in [5.74, 6) is 0.226. The molecule has 1 aromatic rings. The molecule has 1 atom stereocenters. The second kappa shape index (κ2) is 8.65. The molecule has 1 amide bonds. The minimum absolute atomic E-state index is 0. The Morgan fingerprint density at radius 2 is 2.20 bits per heavy atom. The van der Waals surface area contributed by atoms with Gasteiger partial charge in [-0.2, -0.15) is 0 Å². The second-order valence-electron chi connectivity index (χ2n) is 5.17. The molecule has 5 heteroatoms. The molecule has 20 heavy (non-hydrogen) atoms. The number of hydrogen-bond acceptors (Lipinski definition) is 2. The minimum Gasteiger partial charge on any atom is -0.341 e. The van der Waals surface area contributed by atoms with Crippen LogP contribution in [0.5, 0.6) is 0 Å². The third-order valence-corrected chi connectivity index (χ3v) is 4.43. The van der Waals surface area contributed by atoms with E-state index < -0.39 is 0 Å². The molecule has 0 spiro atoms. The number of rotatable bonds is 5. The highest BCUT2D eigenvalue weighted by Crippen LogP contribution is 2.18. The molecule has 0 radical (unpaired) electrons. The Morgan fingerprint density at radius 1 is 1.45 bits per heavy atom. The fraction of sp³-hybridized carbons (Fsp3) is 0.533. The van der Waals surface area contributed by atoms with Crippen LogP contribution in [-0.4, -0.2) is 30.4 Å². The maximum Gasteiger partial charge on any atom is 0.222 e. The van der Waals surface area contributed by atoms with Gasteiger partial charge in [-0.15, -0.1) is 12.4 Å². The van der Waals surface area contributed by atoms with Crippen LogP contribution in [0.2, 0.25) is 0 Å². The Balaban J connectivity index is 0.00000200. The van der Waals surface area contributed by atoms with Crippen molar-refractivity contribution in [3.8, 4) is 0 Å². The highest BCUT2D eigenvalue weighted by molar-refractivity contribution is 9.10. The molecule has 0 aromatic heterocycles. The number of nitrogens with zero attached hydrogens (tertiary/aromatic N) is 1. The van der Waals surface area contributed by atoms with Crippen LogP contribution in [0.3, 0.4) is 0 Å².